The molecule has 0 heterocycles. The number of urea groups is 1. The highest BCUT2D eigenvalue weighted by atomic mass is 16.4. The number of hydrogen-bond acceptors (Lipinski definition) is 2. The number of nitrogens with zero attached hydrogens (tertiary/aromatic N) is 1. The molecule has 1 rings (SSSR count). The lowest BCUT2D eigenvalue weighted by Crippen LogP contribution is -2.49. The second-order valence-corrected chi connectivity index (χ2v) is 5.70. The number of hydrogen-bond donors (Lipinski definition) is 2. The number of amides is 2. The van der Waals surface area contributed by atoms with Crippen LogP contribution in [0.2, 0.25) is 0 Å². The molecule has 0 spiro atoms. The number of nitrogens with one attached hydrogen (secondary N) is 1. The van der Waals surface area contributed by atoms with Crippen molar-refractivity contribution in [3.05, 3.63) is 0 Å². The van der Waals surface area contributed by atoms with Gasteiger partial charge in [-0.1, -0.05) is 13.8 Å². The lowest BCUT2D eigenvalue weighted by Gasteiger charge is -2.30. The van der Waals surface area contributed by atoms with Gasteiger partial charge in [-0.2, -0.15) is 0 Å². The van der Waals surface area contributed by atoms with Gasteiger partial charge in [0, 0.05) is 18.6 Å². The minimum Gasteiger partial charge on any atom is -0.481 e. The van der Waals surface area contributed by atoms with E-state index in [4.69, 9.17) is 5.11 Å². The van der Waals surface area contributed by atoms with Crippen LogP contribution in [0.15, 0.2) is 0 Å². The number of aliphatic carboxylic acids is 1. The molecular formula is C14H26N2O3. The van der Waals surface area contributed by atoms with Gasteiger partial charge in [0.2, 0.25) is 0 Å². The van der Waals surface area contributed by atoms with Crippen molar-refractivity contribution in [3.63, 3.8) is 0 Å². The molecule has 5 heteroatoms. The molecule has 1 saturated carbocycles. The third-order valence-electron chi connectivity index (χ3n) is 4.38. The van der Waals surface area contributed by atoms with Crippen molar-refractivity contribution >= 4 is 12.0 Å². The molecule has 19 heavy (non-hydrogen) atoms. The minimum absolute atomic E-state index is 0.0160. The normalized spacial score (nSPS) is 27.9. The number of carbonyl (C=O) groups excluding carboxylic acids is 1. The fourth-order valence-corrected chi connectivity index (χ4v) is 2.83. The third kappa shape index (κ3) is 4.11. The SMILES string of the molecule is CCN(C(=O)NC1CCC(C)C1C)C(C)CC(=O)O. The lowest BCUT2D eigenvalue weighted by molar-refractivity contribution is -0.138. The number of carbonyl (C=O) groups is 2. The smallest absolute Gasteiger partial charge is 0.317 e. The molecule has 1 aliphatic carbocycles. The van der Waals surface area contributed by atoms with Gasteiger partial charge in [0.15, 0.2) is 0 Å². The maximum Gasteiger partial charge on any atom is 0.317 e. The van der Waals surface area contributed by atoms with Gasteiger partial charge >= 0.3 is 12.0 Å². The van der Waals surface area contributed by atoms with Crippen LogP contribution in [0.4, 0.5) is 4.79 Å². The summed E-state index contributed by atoms with van der Waals surface area (Å²) in [6, 6.07) is -0.201. The topological polar surface area (TPSA) is 69.6 Å². The third-order valence-corrected chi connectivity index (χ3v) is 4.38. The van der Waals surface area contributed by atoms with Gasteiger partial charge < -0.3 is 15.3 Å². The van der Waals surface area contributed by atoms with Crippen molar-refractivity contribution < 1.29 is 14.7 Å². The Morgan fingerprint density at radius 2 is 2.00 bits per heavy atom. The summed E-state index contributed by atoms with van der Waals surface area (Å²) in [5.41, 5.74) is 0. The Labute approximate surface area is 115 Å². The van der Waals surface area contributed by atoms with E-state index in [1.165, 1.54) is 0 Å². The molecule has 0 aromatic carbocycles. The second-order valence-electron chi connectivity index (χ2n) is 5.70. The van der Waals surface area contributed by atoms with Gasteiger partial charge in [0.1, 0.15) is 0 Å². The number of carboxylic acid groups (broad SMARTS) is 1. The zero-order valence-corrected chi connectivity index (χ0v) is 12.3. The zero-order chi connectivity index (χ0) is 14.6. The van der Waals surface area contributed by atoms with Crippen LogP contribution in [-0.2, 0) is 4.79 Å². The van der Waals surface area contributed by atoms with E-state index in [-0.39, 0.29) is 24.5 Å². The predicted molar refractivity (Wildman–Crippen MR) is 74.0 cm³/mol. The maximum absolute atomic E-state index is 12.2. The van der Waals surface area contributed by atoms with E-state index < -0.39 is 5.97 Å². The summed E-state index contributed by atoms with van der Waals surface area (Å²) in [7, 11) is 0. The van der Waals surface area contributed by atoms with Crippen molar-refractivity contribution in [2.45, 2.75) is 59.0 Å². The highest BCUT2D eigenvalue weighted by Gasteiger charge is 2.32. The average Bonchev–Trinajstić information content (AvgIpc) is 2.61. The van der Waals surface area contributed by atoms with Crippen molar-refractivity contribution in [2.75, 3.05) is 6.54 Å². The van der Waals surface area contributed by atoms with Crippen LogP contribution in [0, 0.1) is 11.8 Å². The molecule has 110 valence electrons. The average molecular weight is 270 g/mol. The van der Waals surface area contributed by atoms with E-state index >= 15 is 0 Å². The molecule has 0 aromatic heterocycles. The van der Waals surface area contributed by atoms with Crippen LogP contribution in [-0.4, -0.2) is 40.6 Å². The summed E-state index contributed by atoms with van der Waals surface area (Å²) in [5, 5.41) is 11.9. The molecule has 0 saturated heterocycles. The van der Waals surface area contributed by atoms with E-state index in [0.29, 0.717) is 18.4 Å². The van der Waals surface area contributed by atoms with Crippen LogP contribution in [0.5, 0.6) is 0 Å². The van der Waals surface area contributed by atoms with Crippen molar-refractivity contribution in [3.8, 4) is 0 Å². The highest BCUT2D eigenvalue weighted by Crippen LogP contribution is 2.31. The van der Waals surface area contributed by atoms with E-state index in [1.54, 1.807) is 11.8 Å². The van der Waals surface area contributed by atoms with Gasteiger partial charge in [-0.25, -0.2) is 4.79 Å². The largest absolute Gasteiger partial charge is 0.481 e. The van der Waals surface area contributed by atoms with Crippen LogP contribution in [0.3, 0.4) is 0 Å². The van der Waals surface area contributed by atoms with Gasteiger partial charge in [-0.3, -0.25) is 4.79 Å². The summed E-state index contributed by atoms with van der Waals surface area (Å²) in [5.74, 6) is 0.246. The molecule has 1 aliphatic rings. The molecule has 4 unspecified atom stereocenters. The number of rotatable bonds is 5. The van der Waals surface area contributed by atoms with Crippen LogP contribution in [0.1, 0.15) is 47.0 Å². The van der Waals surface area contributed by atoms with Crippen molar-refractivity contribution in [2.24, 2.45) is 11.8 Å². The maximum atomic E-state index is 12.2. The fraction of sp³-hybridized carbons (Fsp3) is 0.857. The van der Waals surface area contributed by atoms with Crippen molar-refractivity contribution in [1.29, 1.82) is 0 Å². The van der Waals surface area contributed by atoms with E-state index in [9.17, 15) is 9.59 Å². The standard InChI is InChI=1S/C14H26N2O3/c1-5-16(10(3)8-13(17)18)14(19)15-12-7-6-9(2)11(12)4/h9-12H,5-8H2,1-4H3,(H,15,19)(H,17,18). The first-order chi connectivity index (χ1) is 8.86. The molecule has 0 bridgehead atoms. The first-order valence-electron chi connectivity index (χ1n) is 7.15. The van der Waals surface area contributed by atoms with E-state index in [1.807, 2.05) is 6.92 Å². The van der Waals surface area contributed by atoms with Crippen molar-refractivity contribution in [1.82, 2.24) is 10.2 Å². The van der Waals surface area contributed by atoms with Gasteiger partial charge in [-0.15, -0.1) is 0 Å². The molecule has 5 nitrogen and oxygen atoms in total. The Balaban J connectivity index is 2.57. The Morgan fingerprint density at radius 3 is 2.42 bits per heavy atom. The van der Waals surface area contributed by atoms with Gasteiger partial charge in [0.25, 0.3) is 0 Å². The second kappa shape index (κ2) is 6.78. The highest BCUT2D eigenvalue weighted by molar-refractivity contribution is 5.76. The Kier molecular flexibility index (Phi) is 5.63. The lowest BCUT2D eigenvalue weighted by atomic mass is 9.98. The zero-order valence-electron chi connectivity index (χ0n) is 12.3. The molecular weight excluding hydrogens is 244 g/mol. The summed E-state index contributed by atoms with van der Waals surface area (Å²) < 4.78 is 0. The summed E-state index contributed by atoms with van der Waals surface area (Å²) >= 11 is 0. The monoisotopic (exact) mass is 270 g/mol. The molecule has 2 amide bonds. The Hall–Kier alpha value is -1.26. The van der Waals surface area contributed by atoms with Crippen LogP contribution in [0.25, 0.3) is 0 Å². The summed E-state index contributed by atoms with van der Waals surface area (Å²) in [6.07, 6.45) is 2.14. The van der Waals surface area contributed by atoms with Crippen LogP contribution < -0.4 is 5.32 Å². The number of carboxylic acids is 1. The molecule has 0 aliphatic heterocycles. The molecule has 1 fully saturated rings. The molecule has 2 N–H and O–H groups in total. The van der Waals surface area contributed by atoms with Gasteiger partial charge in [0.05, 0.1) is 6.42 Å². The summed E-state index contributed by atoms with van der Waals surface area (Å²) in [4.78, 5) is 24.6. The fourth-order valence-electron chi connectivity index (χ4n) is 2.83. The Bertz CT molecular complexity index is 333. The van der Waals surface area contributed by atoms with E-state index in [2.05, 4.69) is 19.2 Å². The van der Waals surface area contributed by atoms with Crippen LogP contribution >= 0.6 is 0 Å². The molecule has 0 radical (unpaired) electrons. The first kappa shape index (κ1) is 15.8. The quantitative estimate of drug-likeness (QED) is 0.805. The Morgan fingerprint density at radius 1 is 1.37 bits per heavy atom. The minimum atomic E-state index is -0.874. The van der Waals surface area contributed by atoms with E-state index in [0.717, 1.165) is 12.8 Å². The predicted octanol–water partition coefficient (Wildman–Crippen LogP) is 2.32. The first-order valence-corrected chi connectivity index (χ1v) is 7.15. The molecule has 4 atom stereocenters. The van der Waals surface area contributed by atoms with Gasteiger partial charge in [-0.05, 0) is 38.5 Å². The molecule has 0 aromatic rings. The summed E-state index contributed by atoms with van der Waals surface area (Å²) in [6.45, 7) is 8.55.